The van der Waals surface area contributed by atoms with Crippen LogP contribution in [0.1, 0.15) is 187 Å². The summed E-state index contributed by atoms with van der Waals surface area (Å²) < 4.78 is 23.1. The van der Waals surface area contributed by atoms with Crippen molar-refractivity contribution in [1.29, 1.82) is 0 Å². The van der Waals surface area contributed by atoms with Crippen LogP contribution < -0.4 is 10.2 Å². The van der Waals surface area contributed by atoms with E-state index >= 15 is 0 Å². The predicted molar refractivity (Wildman–Crippen MR) is 221 cm³/mol. The second-order valence-corrected chi connectivity index (χ2v) is 17.6. The molecule has 0 aromatic heterocycles. The van der Waals surface area contributed by atoms with Crippen molar-refractivity contribution in [2.24, 2.45) is 0 Å². The quantitative estimate of drug-likeness (QED) is 0.0246. The van der Waals surface area contributed by atoms with Crippen LogP contribution in [0.3, 0.4) is 0 Å². The fraction of sp³-hybridized carbons (Fsp3) is 0.884. The summed E-state index contributed by atoms with van der Waals surface area (Å²) in [6.07, 6.45) is 36.4. The summed E-state index contributed by atoms with van der Waals surface area (Å²) in [5.74, 6) is -0.294. The molecule has 4 atom stereocenters. The van der Waals surface area contributed by atoms with Crippen LogP contribution >= 0.6 is 7.82 Å². The second kappa shape index (κ2) is 35.4. The number of carbonyl (C=O) groups excluding carboxylic acids is 1. The Balaban J connectivity index is 4.54. The van der Waals surface area contributed by atoms with Crippen LogP contribution in [0, 0.1) is 0 Å². The molecule has 0 saturated carbocycles. The van der Waals surface area contributed by atoms with Gasteiger partial charge >= 0.3 is 0 Å². The number of aliphatic hydroxyl groups excluding tert-OH is 2. The minimum absolute atomic E-state index is 0.0463. The van der Waals surface area contributed by atoms with Gasteiger partial charge in [-0.1, -0.05) is 141 Å². The van der Waals surface area contributed by atoms with Crippen LogP contribution in [0.25, 0.3) is 0 Å². The Labute approximate surface area is 327 Å². The Hall–Kier alpha value is -1.06. The number of phosphoric ester groups is 1. The van der Waals surface area contributed by atoms with Crippen molar-refractivity contribution in [3.63, 3.8) is 0 Å². The fourth-order valence-electron chi connectivity index (χ4n) is 6.19. The second-order valence-electron chi connectivity index (χ2n) is 16.2. The third-order valence-electron chi connectivity index (χ3n) is 9.75. The molecular formula is C43H85N2O7P. The van der Waals surface area contributed by atoms with Gasteiger partial charge in [0.05, 0.1) is 39.9 Å². The molecule has 0 aliphatic rings. The maximum atomic E-state index is 12.9. The number of rotatable bonds is 39. The molecule has 0 aromatic rings. The van der Waals surface area contributed by atoms with Gasteiger partial charge in [-0.15, -0.1) is 0 Å². The fourth-order valence-corrected chi connectivity index (χ4v) is 6.91. The normalized spacial score (nSPS) is 15.2. The van der Waals surface area contributed by atoms with E-state index in [4.69, 9.17) is 9.05 Å². The number of hydrogen-bond donors (Lipinski definition) is 3. The average molecular weight is 773 g/mol. The highest BCUT2D eigenvalue weighted by Crippen LogP contribution is 2.38. The van der Waals surface area contributed by atoms with E-state index in [1.807, 2.05) is 21.1 Å². The third-order valence-corrected chi connectivity index (χ3v) is 10.7. The number of hydrogen-bond acceptors (Lipinski definition) is 7. The molecule has 0 radical (unpaired) electrons. The summed E-state index contributed by atoms with van der Waals surface area (Å²) in [5, 5.41) is 24.5. The number of likely N-dealkylation sites (N-methyl/N-ethyl adjacent to an activating group) is 1. The van der Waals surface area contributed by atoms with Gasteiger partial charge in [-0.05, 0) is 64.2 Å². The first-order valence-corrected chi connectivity index (χ1v) is 23.2. The molecule has 9 nitrogen and oxygen atoms in total. The van der Waals surface area contributed by atoms with Gasteiger partial charge < -0.3 is 34.0 Å². The minimum atomic E-state index is -4.67. The van der Waals surface area contributed by atoms with Crippen LogP contribution in [-0.2, 0) is 18.4 Å². The Morgan fingerprint density at radius 1 is 0.660 bits per heavy atom. The lowest BCUT2D eigenvalue weighted by molar-refractivity contribution is -0.870. The molecule has 53 heavy (non-hydrogen) atoms. The van der Waals surface area contributed by atoms with E-state index in [0.29, 0.717) is 30.3 Å². The highest BCUT2D eigenvalue weighted by Gasteiger charge is 2.29. The van der Waals surface area contributed by atoms with Gasteiger partial charge in [0.2, 0.25) is 5.91 Å². The molecule has 0 bridgehead atoms. The Bertz CT molecular complexity index is 940. The van der Waals surface area contributed by atoms with Crippen molar-refractivity contribution in [3.05, 3.63) is 24.3 Å². The summed E-state index contributed by atoms with van der Waals surface area (Å²) in [4.78, 5) is 25.3. The number of aliphatic hydroxyl groups is 2. The largest absolute Gasteiger partial charge is 0.756 e. The average Bonchev–Trinajstić information content (AvgIpc) is 3.10. The maximum Gasteiger partial charge on any atom is 0.268 e. The minimum Gasteiger partial charge on any atom is -0.756 e. The lowest BCUT2D eigenvalue weighted by Gasteiger charge is -2.31. The molecule has 314 valence electrons. The van der Waals surface area contributed by atoms with Gasteiger partial charge in [-0.25, -0.2) is 0 Å². The van der Waals surface area contributed by atoms with E-state index in [1.165, 1.54) is 109 Å². The zero-order valence-electron chi connectivity index (χ0n) is 35.1. The highest BCUT2D eigenvalue weighted by molar-refractivity contribution is 7.45. The van der Waals surface area contributed by atoms with Crippen molar-refractivity contribution in [1.82, 2.24) is 5.32 Å². The Kier molecular flexibility index (Phi) is 34.7. The maximum absolute atomic E-state index is 12.9. The van der Waals surface area contributed by atoms with Crippen molar-refractivity contribution in [2.45, 2.75) is 205 Å². The number of nitrogens with one attached hydrogen (secondary N) is 1. The zero-order valence-corrected chi connectivity index (χ0v) is 36.0. The smallest absolute Gasteiger partial charge is 0.268 e. The molecular weight excluding hydrogens is 687 g/mol. The van der Waals surface area contributed by atoms with Crippen molar-refractivity contribution < 1.29 is 38.0 Å². The number of carbonyl (C=O) groups is 1. The zero-order chi connectivity index (χ0) is 39.5. The molecule has 0 aromatic carbocycles. The van der Waals surface area contributed by atoms with Crippen LogP contribution in [0.4, 0.5) is 0 Å². The van der Waals surface area contributed by atoms with Crippen LogP contribution in [0.5, 0.6) is 0 Å². The summed E-state index contributed by atoms with van der Waals surface area (Å²) in [7, 11) is 1.10. The molecule has 0 fully saturated rings. The molecule has 0 rings (SSSR count). The first kappa shape index (κ1) is 51.9. The van der Waals surface area contributed by atoms with Gasteiger partial charge in [0, 0.05) is 6.42 Å². The third kappa shape index (κ3) is 36.3. The highest BCUT2D eigenvalue weighted by atomic mass is 31.2. The summed E-state index contributed by atoms with van der Waals surface area (Å²) in [6.45, 7) is 4.39. The molecule has 0 aliphatic heterocycles. The lowest BCUT2D eigenvalue weighted by Crippen LogP contribution is -2.51. The number of phosphoric acid groups is 1. The van der Waals surface area contributed by atoms with Crippen molar-refractivity contribution in [3.8, 4) is 0 Å². The van der Waals surface area contributed by atoms with Crippen molar-refractivity contribution in [2.75, 3.05) is 40.9 Å². The molecule has 1 amide bonds. The number of nitrogens with zero attached hydrogens (tertiary/aromatic N) is 1. The number of unbranched alkanes of at least 4 members (excludes halogenated alkanes) is 21. The van der Waals surface area contributed by atoms with Gasteiger partial charge in [0.1, 0.15) is 19.3 Å². The van der Waals surface area contributed by atoms with Crippen molar-refractivity contribution >= 4 is 13.7 Å². The van der Waals surface area contributed by atoms with E-state index in [0.717, 1.165) is 38.5 Å². The molecule has 0 aliphatic carbocycles. The molecule has 0 spiro atoms. The Morgan fingerprint density at radius 3 is 1.53 bits per heavy atom. The van der Waals surface area contributed by atoms with E-state index < -0.39 is 32.7 Å². The lowest BCUT2D eigenvalue weighted by atomic mass is 10.0. The van der Waals surface area contributed by atoms with E-state index in [2.05, 4.69) is 43.5 Å². The molecule has 0 heterocycles. The van der Waals surface area contributed by atoms with Crippen LogP contribution in [0.15, 0.2) is 24.3 Å². The van der Waals surface area contributed by atoms with Crippen LogP contribution in [0.2, 0.25) is 0 Å². The van der Waals surface area contributed by atoms with Gasteiger partial charge in [-0.2, -0.15) is 0 Å². The monoisotopic (exact) mass is 773 g/mol. The molecule has 0 saturated heterocycles. The predicted octanol–water partition coefficient (Wildman–Crippen LogP) is 10.1. The topological polar surface area (TPSA) is 128 Å². The number of amides is 1. The number of allylic oxidation sites excluding steroid dienone is 4. The van der Waals surface area contributed by atoms with Gasteiger partial charge in [-0.3, -0.25) is 9.36 Å². The first-order valence-electron chi connectivity index (χ1n) is 21.8. The van der Waals surface area contributed by atoms with Crippen LogP contribution in [-0.4, -0.2) is 79.8 Å². The van der Waals surface area contributed by atoms with Gasteiger partial charge in [0.15, 0.2) is 0 Å². The summed E-state index contributed by atoms with van der Waals surface area (Å²) >= 11 is 0. The standard InChI is InChI=1S/C43H85N2O7P/c1-6-8-10-12-14-16-18-20-21-22-23-24-26-28-30-32-34-36-42(47)44-40(39-52-53(49,50)51-38-37-45(3,4)5)43(48)41(46)35-33-31-29-27-25-19-17-15-13-11-9-7-2/h20-21,27,29,40-41,43,46,48H,6-19,22-26,28,30-39H2,1-5H3,(H-,44,47,49,50)/b21-20-,29-27+. The van der Waals surface area contributed by atoms with E-state index in [9.17, 15) is 24.5 Å². The first-order chi connectivity index (χ1) is 25.4. The van der Waals surface area contributed by atoms with E-state index in [1.54, 1.807) is 0 Å². The van der Waals surface area contributed by atoms with Gasteiger partial charge in [0.25, 0.3) is 7.82 Å². The molecule has 4 unspecified atom stereocenters. The molecule has 10 heteroatoms. The Morgan fingerprint density at radius 2 is 1.08 bits per heavy atom. The number of quaternary nitrogens is 1. The molecule has 3 N–H and O–H groups in total. The van der Waals surface area contributed by atoms with E-state index in [-0.39, 0.29) is 18.9 Å². The summed E-state index contributed by atoms with van der Waals surface area (Å²) in [6, 6.07) is -1.09. The summed E-state index contributed by atoms with van der Waals surface area (Å²) in [5.41, 5.74) is 0. The SMILES string of the molecule is CCCCCCCC/C=C\CCCCCCCCCC(=O)NC(COP(=O)([O-])OCC[N+](C)(C)C)C(O)C(O)CCC/C=C/CCCCCCCCC.